The molecular formula is C19H25N3OS. The van der Waals surface area contributed by atoms with Crippen LogP contribution in [0.5, 0.6) is 0 Å². The van der Waals surface area contributed by atoms with Gasteiger partial charge in [-0.25, -0.2) is 4.98 Å². The first kappa shape index (κ1) is 17.1. The van der Waals surface area contributed by atoms with Crippen molar-refractivity contribution in [2.24, 2.45) is 0 Å². The van der Waals surface area contributed by atoms with Gasteiger partial charge in [-0.15, -0.1) is 11.3 Å². The lowest BCUT2D eigenvalue weighted by atomic mass is 10.1. The normalized spacial score (nSPS) is 15.0. The molecule has 4 nitrogen and oxygen atoms in total. The number of aromatic nitrogens is 1. The third-order valence-corrected chi connectivity index (χ3v) is 5.96. The van der Waals surface area contributed by atoms with E-state index in [1.54, 1.807) is 0 Å². The molecule has 1 aliphatic rings. The molecule has 0 unspecified atom stereocenters. The number of thiazole rings is 1. The molecule has 0 atom stereocenters. The molecule has 128 valence electrons. The van der Waals surface area contributed by atoms with Gasteiger partial charge in [-0.3, -0.25) is 4.79 Å². The molecule has 3 rings (SSSR count). The van der Waals surface area contributed by atoms with Crippen LogP contribution in [0.25, 0.3) is 0 Å². The Labute approximate surface area is 147 Å². The summed E-state index contributed by atoms with van der Waals surface area (Å²) < 4.78 is 0. The molecule has 1 saturated heterocycles. The number of hydrogen-bond donors (Lipinski definition) is 1. The molecule has 1 fully saturated rings. The van der Waals surface area contributed by atoms with Crippen molar-refractivity contribution in [1.29, 1.82) is 0 Å². The Morgan fingerprint density at radius 1 is 1.25 bits per heavy atom. The van der Waals surface area contributed by atoms with Crippen molar-refractivity contribution in [3.05, 3.63) is 44.9 Å². The number of carbonyl (C=O) groups excluding carboxylic acids is 1. The highest BCUT2D eigenvalue weighted by Crippen LogP contribution is 2.23. The van der Waals surface area contributed by atoms with E-state index in [0.717, 1.165) is 39.8 Å². The number of aryl methyl sites for hydroxylation is 2. The van der Waals surface area contributed by atoms with Crippen molar-refractivity contribution in [2.75, 3.05) is 25.0 Å². The van der Waals surface area contributed by atoms with Crippen LogP contribution >= 0.6 is 11.3 Å². The summed E-state index contributed by atoms with van der Waals surface area (Å²) in [6.45, 7) is 9.46. The number of hydrogen-bond acceptors (Lipinski definition) is 4. The van der Waals surface area contributed by atoms with Gasteiger partial charge >= 0.3 is 0 Å². The number of anilines is 1. The maximum absolute atomic E-state index is 12.6. The van der Waals surface area contributed by atoms with Crippen LogP contribution in [-0.2, 0) is 6.42 Å². The van der Waals surface area contributed by atoms with E-state index in [2.05, 4.69) is 28.2 Å². The fraction of sp³-hybridized carbons (Fsp3) is 0.474. The first-order valence-corrected chi connectivity index (χ1v) is 9.42. The number of carbonyl (C=O) groups is 1. The summed E-state index contributed by atoms with van der Waals surface area (Å²) in [5.41, 5.74) is 4.01. The van der Waals surface area contributed by atoms with Crippen LogP contribution in [0.15, 0.2) is 18.2 Å². The molecule has 2 aromatic rings. The minimum absolute atomic E-state index is 0.0499. The minimum Gasteiger partial charge on any atom is -0.321 e. The van der Waals surface area contributed by atoms with Crippen LogP contribution in [-0.4, -0.2) is 35.4 Å². The van der Waals surface area contributed by atoms with Crippen LogP contribution in [0.1, 0.15) is 44.3 Å². The number of rotatable bonds is 5. The van der Waals surface area contributed by atoms with Crippen molar-refractivity contribution in [2.45, 2.75) is 40.0 Å². The van der Waals surface area contributed by atoms with Crippen LogP contribution in [0.4, 0.5) is 5.69 Å². The van der Waals surface area contributed by atoms with Crippen molar-refractivity contribution in [3.63, 3.8) is 0 Å². The van der Waals surface area contributed by atoms with Gasteiger partial charge in [0.2, 0.25) is 0 Å². The molecule has 5 heteroatoms. The Bertz CT molecular complexity index is 732. The second kappa shape index (κ2) is 7.45. The lowest BCUT2D eigenvalue weighted by Gasteiger charge is -2.12. The van der Waals surface area contributed by atoms with Crippen LogP contribution in [0.3, 0.4) is 0 Å². The standard InChI is InChI=1S/C19H25N3OS/c1-13-7-6-8-16(14(13)2)21-19(23)18-15(3)20-17(24-18)9-12-22-10-4-5-11-22/h6-8H,4-5,9-12H2,1-3H3,(H,21,23). The Morgan fingerprint density at radius 2 is 2.00 bits per heavy atom. The summed E-state index contributed by atoms with van der Waals surface area (Å²) in [6, 6.07) is 5.98. The zero-order chi connectivity index (χ0) is 17.1. The summed E-state index contributed by atoms with van der Waals surface area (Å²) in [4.78, 5) is 20.4. The van der Waals surface area contributed by atoms with Crippen molar-refractivity contribution < 1.29 is 4.79 Å². The Balaban J connectivity index is 1.67. The molecule has 2 heterocycles. The van der Waals surface area contributed by atoms with Gasteiger partial charge in [-0.05, 0) is 63.9 Å². The molecule has 1 amide bonds. The average molecular weight is 343 g/mol. The maximum Gasteiger partial charge on any atom is 0.267 e. The number of benzene rings is 1. The quantitative estimate of drug-likeness (QED) is 0.894. The largest absolute Gasteiger partial charge is 0.321 e. The van der Waals surface area contributed by atoms with E-state index in [4.69, 9.17) is 0 Å². The van der Waals surface area contributed by atoms with E-state index in [-0.39, 0.29) is 5.91 Å². The maximum atomic E-state index is 12.6. The summed E-state index contributed by atoms with van der Waals surface area (Å²) in [5, 5.41) is 4.10. The summed E-state index contributed by atoms with van der Waals surface area (Å²) in [7, 11) is 0. The summed E-state index contributed by atoms with van der Waals surface area (Å²) in [6.07, 6.45) is 3.54. The molecule has 0 bridgehead atoms. The van der Waals surface area contributed by atoms with Gasteiger partial charge in [0.05, 0.1) is 10.7 Å². The predicted molar refractivity (Wildman–Crippen MR) is 100 cm³/mol. The smallest absolute Gasteiger partial charge is 0.267 e. The molecular weight excluding hydrogens is 318 g/mol. The van der Waals surface area contributed by atoms with Crippen LogP contribution in [0.2, 0.25) is 0 Å². The fourth-order valence-electron chi connectivity index (χ4n) is 3.10. The summed E-state index contributed by atoms with van der Waals surface area (Å²) in [5.74, 6) is -0.0499. The molecule has 1 aliphatic heterocycles. The molecule has 0 aliphatic carbocycles. The minimum atomic E-state index is -0.0499. The number of likely N-dealkylation sites (tertiary alicyclic amines) is 1. The fourth-order valence-corrected chi connectivity index (χ4v) is 4.04. The van der Waals surface area contributed by atoms with E-state index in [0.29, 0.717) is 0 Å². The molecule has 1 aromatic heterocycles. The van der Waals surface area contributed by atoms with E-state index in [9.17, 15) is 4.79 Å². The zero-order valence-electron chi connectivity index (χ0n) is 14.7. The van der Waals surface area contributed by atoms with Gasteiger partial charge in [-0.1, -0.05) is 12.1 Å². The highest BCUT2D eigenvalue weighted by molar-refractivity contribution is 7.13. The molecule has 1 N–H and O–H groups in total. The van der Waals surface area contributed by atoms with Crippen molar-refractivity contribution in [1.82, 2.24) is 9.88 Å². The van der Waals surface area contributed by atoms with Crippen LogP contribution in [0, 0.1) is 20.8 Å². The van der Waals surface area contributed by atoms with Gasteiger partial charge in [0.1, 0.15) is 4.88 Å². The molecule has 1 aromatic carbocycles. The van der Waals surface area contributed by atoms with Crippen LogP contribution < -0.4 is 5.32 Å². The monoisotopic (exact) mass is 343 g/mol. The topological polar surface area (TPSA) is 45.2 Å². The van der Waals surface area contributed by atoms with E-state index >= 15 is 0 Å². The Kier molecular flexibility index (Phi) is 5.31. The number of nitrogens with one attached hydrogen (secondary N) is 1. The molecule has 0 saturated carbocycles. The van der Waals surface area contributed by atoms with E-state index < -0.39 is 0 Å². The molecule has 24 heavy (non-hydrogen) atoms. The molecule has 0 spiro atoms. The Morgan fingerprint density at radius 3 is 2.75 bits per heavy atom. The SMILES string of the molecule is Cc1cccc(NC(=O)c2sc(CCN3CCCC3)nc2C)c1C. The predicted octanol–water partition coefficient (Wildman–Crippen LogP) is 3.96. The third-order valence-electron chi connectivity index (χ3n) is 4.74. The lowest BCUT2D eigenvalue weighted by molar-refractivity contribution is 0.102. The van der Waals surface area contributed by atoms with Gasteiger partial charge < -0.3 is 10.2 Å². The molecule has 0 radical (unpaired) electrons. The number of amides is 1. The highest BCUT2D eigenvalue weighted by atomic mass is 32.1. The lowest BCUT2D eigenvalue weighted by Crippen LogP contribution is -2.21. The second-order valence-electron chi connectivity index (χ2n) is 6.52. The highest BCUT2D eigenvalue weighted by Gasteiger charge is 2.18. The second-order valence-corrected chi connectivity index (χ2v) is 7.61. The van der Waals surface area contributed by atoms with Gasteiger partial charge in [0.25, 0.3) is 5.91 Å². The summed E-state index contributed by atoms with van der Waals surface area (Å²) >= 11 is 1.53. The van der Waals surface area contributed by atoms with Crippen molar-refractivity contribution in [3.8, 4) is 0 Å². The third kappa shape index (κ3) is 3.84. The Hall–Kier alpha value is -1.72. The number of nitrogens with zero attached hydrogens (tertiary/aromatic N) is 2. The van der Waals surface area contributed by atoms with Gasteiger partial charge in [0.15, 0.2) is 0 Å². The van der Waals surface area contributed by atoms with E-state index in [1.807, 2.05) is 26.0 Å². The van der Waals surface area contributed by atoms with Crippen molar-refractivity contribution >= 4 is 22.9 Å². The van der Waals surface area contributed by atoms with E-state index in [1.165, 1.54) is 42.8 Å². The van der Waals surface area contributed by atoms with Gasteiger partial charge in [-0.2, -0.15) is 0 Å². The first-order chi connectivity index (χ1) is 11.5. The average Bonchev–Trinajstić information content (AvgIpc) is 3.19. The van der Waals surface area contributed by atoms with Gasteiger partial charge in [0, 0.05) is 18.7 Å². The first-order valence-electron chi connectivity index (χ1n) is 8.61. The zero-order valence-corrected chi connectivity index (χ0v) is 15.5.